The van der Waals surface area contributed by atoms with Crippen molar-refractivity contribution in [2.45, 2.75) is 13.8 Å². The van der Waals surface area contributed by atoms with E-state index in [2.05, 4.69) is 94.8 Å². The van der Waals surface area contributed by atoms with Crippen molar-refractivity contribution in [2.75, 3.05) is 25.1 Å². The van der Waals surface area contributed by atoms with E-state index < -0.39 is 0 Å². The molecule has 0 aliphatic carbocycles. The Kier molecular flexibility index (Phi) is 6.45. The number of methoxy groups -OCH3 is 1. The van der Waals surface area contributed by atoms with Crippen molar-refractivity contribution in [1.29, 1.82) is 0 Å². The molecular weight excluding hydrogens is 382 g/mol. The van der Waals surface area contributed by atoms with Crippen LogP contribution in [0.5, 0.6) is 5.75 Å². The molecule has 0 aliphatic heterocycles. The van der Waals surface area contributed by atoms with E-state index in [-0.39, 0.29) is 12.4 Å². The normalized spacial score (nSPS) is 10.6. The summed E-state index contributed by atoms with van der Waals surface area (Å²) in [6.45, 7) is 6.40. The molecule has 0 aliphatic rings. The second-order valence-electron chi connectivity index (χ2n) is 6.74. The average molecular weight is 408 g/mol. The Hall–Kier alpha value is -2.98. The number of benzene rings is 2. The van der Waals surface area contributed by atoms with E-state index in [0.717, 1.165) is 24.5 Å². The topological polar surface area (TPSA) is 21.5 Å². The average Bonchev–Trinajstić information content (AvgIpc) is 3.15. The molecule has 0 unspecified atom stereocenters. The highest BCUT2D eigenvalue weighted by atomic mass is 35.5. The minimum Gasteiger partial charge on any atom is -1.00 e. The van der Waals surface area contributed by atoms with Gasteiger partial charge in [-0.3, -0.25) is 0 Å². The number of anilines is 1. The van der Waals surface area contributed by atoms with Crippen molar-refractivity contribution in [3.05, 3.63) is 79.3 Å². The molecule has 4 rings (SSSR count). The first-order chi connectivity index (χ1) is 13.7. The van der Waals surface area contributed by atoms with Crippen LogP contribution in [0.4, 0.5) is 5.69 Å². The molecule has 29 heavy (non-hydrogen) atoms. The molecule has 150 valence electrons. The molecule has 0 spiro atoms. The Morgan fingerprint density at radius 3 is 2.21 bits per heavy atom. The van der Waals surface area contributed by atoms with E-state index in [9.17, 15) is 0 Å². The second kappa shape index (κ2) is 9.01. The molecule has 0 fully saturated rings. The summed E-state index contributed by atoms with van der Waals surface area (Å²) in [4.78, 5) is 2.36. The number of hydrogen-bond acceptors (Lipinski definition) is 2. The molecule has 5 heteroatoms. The lowest BCUT2D eigenvalue weighted by atomic mass is 10.1. The van der Waals surface area contributed by atoms with E-state index in [1.54, 1.807) is 7.11 Å². The molecule has 0 bridgehead atoms. The van der Waals surface area contributed by atoms with Crippen LogP contribution in [-0.2, 0) is 0 Å². The number of pyridine rings is 1. The maximum Gasteiger partial charge on any atom is 0.254 e. The van der Waals surface area contributed by atoms with E-state index in [1.165, 1.54) is 22.5 Å². The molecular formula is C24H26ClN3O. The Balaban J connectivity index is 0.00000240. The number of hydrogen-bond donors (Lipinski definition) is 0. The van der Waals surface area contributed by atoms with Gasteiger partial charge in [-0.25, -0.2) is 4.40 Å². The van der Waals surface area contributed by atoms with Gasteiger partial charge >= 0.3 is 0 Å². The Labute approximate surface area is 178 Å². The van der Waals surface area contributed by atoms with Gasteiger partial charge in [0.1, 0.15) is 11.4 Å². The third kappa shape index (κ3) is 3.94. The van der Waals surface area contributed by atoms with E-state index in [0.29, 0.717) is 0 Å². The Morgan fingerprint density at radius 2 is 1.59 bits per heavy atom. The van der Waals surface area contributed by atoms with Gasteiger partial charge in [0.05, 0.1) is 13.3 Å². The second-order valence-corrected chi connectivity index (χ2v) is 6.74. The number of ether oxygens (including phenoxy) is 1. The highest BCUT2D eigenvalue weighted by Gasteiger charge is 2.21. The van der Waals surface area contributed by atoms with Crippen molar-refractivity contribution in [1.82, 2.24) is 4.57 Å². The molecule has 0 atom stereocenters. The van der Waals surface area contributed by atoms with E-state index in [4.69, 9.17) is 4.74 Å². The molecule has 0 N–H and O–H groups in total. The predicted molar refractivity (Wildman–Crippen MR) is 114 cm³/mol. The molecule has 0 saturated carbocycles. The Bertz CT molecular complexity index is 1070. The monoisotopic (exact) mass is 407 g/mol. The highest BCUT2D eigenvalue weighted by molar-refractivity contribution is 5.77. The van der Waals surface area contributed by atoms with Crippen molar-refractivity contribution >= 4 is 11.2 Å². The predicted octanol–water partition coefficient (Wildman–Crippen LogP) is 1.74. The molecule has 0 amide bonds. The van der Waals surface area contributed by atoms with Gasteiger partial charge < -0.3 is 22.0 Å². The number of halogens is 1. The summed E-state index contributed by atoms with van der Waals surface area (Å²) >= 11 is 0. The lowest BCUT2D eigenvalue weighted by Crippen LogP contribution is -3.00. The van der Waals surface area contributed by atoms with Crippen molar-refractivity contribution < 1.29 is 21.5 Å². The standard InChI is InChI=1S/C24H26N3O.ClH/c1-4-25(5-2)20-11-9-19(10-12-20)24-23-8-6-7-17-26(23)18-27(24)21-13-15-22(28-3)16-14-21;/h6-18H,4-5H2,1-3H3;1H/q+1;/p-1. The molecule has 0 radical (unpaired) electrons. The number of nitrogens with zero attached hydrogens (tertiary/aromatic N) is 3. The van der Waals surface area contributed by atoms with Crippen LogP contribution in [0.15, 0.2) is 79.3 Å². The summed E-state index contributed by atoms with van der Waals surface area (Å²) in [6.07, 6.45) is 4.22. The molecule has 4 nitrogen and oxygen atoms in total. The van der Waals surface area contributed by atoms with Crippen LogP contribution < -0.4 is 26.4 Å². The smallest absolute Gasteiger partial charge is 0.254 e. The molecule has 0 saturated heterocycles. The minimum absolute atomic E-state index is 0. The van der Waals surface area contributed by atoms with Crippen LogP contribution in [0.3, 0.4) is 0 Å². The van der Waals surface area contributed by atoms with E-state index in [1.807, 2.05) is 12.1 Å². The summed E-state index contributed by atoms with van der Waals surface area (Å²) in [7, 11) is 1.69. The van der Waals surface area contributed by atoms with Crippen LogP contribution in [-0.4, -0.2) is 24.8 Å². The van der Waals surface area contributed by atoms with Crippen molar-refractivity contribution in [3.63, 3.8) is 0 Å². The third-order valence-electron chi connectivity index (χ3n) is 5.23. The zero-order valence-electron chi connectivity index (χ0n) is 17.0. The molecule has 2 heterocycles. The fourth-order valence-electron chi connectivity index (χ4n) is 3.71. The van der Waals surface area contributed by atoms with E-state index >= 15 is 0 Å². The van der Waals surface area contributed by atoms with Gasteiger partial charge in [0.2, 0.25) is 0 Å². The molecule has 4 aromatic rings. The fourth-order valence-corrected chi connectivity index (χ4v) is 3.71. The van der Waals surface area contributed by atoms with Gasteiger partial charge in [-0.15, -0.1) is 0 Å². The summed E-state index contributed by atoms with van der Waals surface area (Å²) in [5.74, 6) is 0.859. The SMILES string of the molecule is CCN(CC)c1ccc(-c2c3cccc[n+]3cn2-c2ccc(OC)cc2)cc1.[Cl-]. The minimum atomic E-state index is 0. The van der Waals surface area contributed by atoms with Crippen LogP contribution in [0.2, 0.25) is 0 Å². The summed E-state index contributed by atoms with van der Waals surface area (Å²) < 4.78 is 9.72. The first kappa shape index (κ1) is 20.7. The zero-order valence-corrected chi connectivity index (χ0v) is 17.8. The van der Waals surface area contributed by atoms with Crippen LogP contribution in [0.25, 0.3) is 22.5 Å². The highest BCUT2D eigenvalue weighted by Crippen LogP contribution is 2.29. The largest absolute Gasteiger partial charge is 1.00 e. The van der Waals surface area contributed by atoms with Gasteiger partial charge in [0.15, 0.2) is 11.2 Å². The first-order valence-corrected chi connectivity index (χ1v) is 9.76. The summed E-state index contributed by atoms with van der Waals surface area (Å²) in [6, 6.07) is 23.3. The van der Waals surface area contributed by atoms with Gasteiger partial charge in [-0.2, -0.15) is 4.57 Å². The number of imidazole rings is 1. The van der Waals surface area contributed by atoms with Gasteiger partial charge in [-0.05, 0) is 74.5 Å². The number of fused-ring (bicyclic) bond motifs is 1. The fraction of sp³-hybridized carbons (Fsp3) is 0.208. The summed E-state index contributed by atoms with van der Waals surface area (Å²) in [5, 5.41) is 0. The van der Waals surface area contributed by atoms with Crippen molar-refractivity contribution in [2.24, 2.45) is 0 Å². The zero-order chi connectivity index (χ0) is 19.5. The number of rotatable bonds is 6. The van der Waals surface area contributed by atoms with Gasteiger partial charge in [-0.1, -0.05) is 6.07 Å². The lowest BCUT2D eigenvalue weighted by molar-refractivity contribution is -0.511. The van der Waals surface area contributed by atoms with Crippen molar-refractivity contribution in [3.8, 4) is 22.7 Å². The Morgan fingerprint density at radius 1 is 0.897 bits per heavy atom. The van der Waals surface area contributed by atoms with Crippen LogP contribution in [0, 0.1) is 0 Å². The maximum absolute atomic E-state index is 5.32. The first-order valence-electron chi connectivity index (χ1n) is 9.76. The third-order valence-corrected chi connectivity index (χ3v) is 5.23. The van der Waals surface area contributed by atoms with Crippen LogP contribution in [0.1, 0.15) is 13.8 Å². The quantitative estimate of drug-likeness (QED) is 0.454. The molecule has 2 aromatic carbocycles. The number of aromatic nitrogens is 2. The molecule has 2 aromatic heterocycles. The van der Waals surface area contributed by atoms with Gasteiger partial charge in [0, 0.05) is 24.3 Å². The van der Waals surface area contributed by atoms with Gasteiger partial charge in [0.25, 0.3) is 6.33 Å². The lowest BCUT2D eigenvalue weighted by Gasteiger charge is -2.21. The maximum atomic E-state index is 5.32. The summed E-state index contributed by atoms with van der Waals surface area (Å²) in [5.41, 5.74) is 5.91. The van der Waals surface area contributed by atoms with Crippen LogP contribution >= 0.6 is 0 Å².